The van der Waals surface area contributed by atoms with Gasteiger partial charge in [-0.15, -0.1) is 11.3 Å². The predicted octanol–water partition coefficient (Wildman–Crippen LogP) is 3.77. The van der Waals surface area contributed by atoms with Crippen LogP contribution in [0.4, 0.5) is 5.13 Å². The Balaban J connectivity index is 1.61. The van der Waals surface area contributed by atoms with Gasteiger partial charge < -0.3 is 10.2 Å². The molecule has 0 saturated carbocycles. The van der Waals surface area contributed by atoms with E-state index in [-0.39, 0.29) is 0 Å². The SMILES string of the molecule is CCN(CC)c1ncc(CNC2CCc3ccccc32)s1. The van der Waals surface area contributed by atoms with Crippen LogP contribution in [0, 0.1) is 0 Å². The van der Waals surface area contributed by atoms with Crippen molar-refractivity contribution in [3.05, 3.63) is 46.5 Å². The van der Waals surface area contributed by atoms with Gasteiger partial charge >= 0.3 is 0 Å². The summed E-state index contributed by atoms with van der Waals surface area (Å²) in [7, 11) is 0. The lowest BCUT2D eigenvalue weighted by Gasteiger charge is -2.16. The zero-order valence-corrected chi connectivity index (χ0v) is 13.6. The molecule has 0 radical (unpaired) electrons. The number of benzene rings is 1. The Kier molecular flexibility index (Phi) is 4.56. The third-order valence-corrected chi connectivity index (χ3v) is 5.29. The molecule has 0 spiro atoms. The van der Waals surface area contributed by atoms with Gasteiger partial charge in [0.1, 0.15) is 0 Å². The van der Waals surface area contributed by atoms with Crippen LogP contribution >= 0.6 is 11.3 Å². The van der Waals surface area contributed by atoms with E-state index in [4.69, 9.17) is 0 Å². The number of hydrogen-bond donors (Lipinski definition) is 1. The molecule has 1 aromatic carbocycles. The monoisotopic (exact) mass is 301 g/mol. The van der Waals surface area contributed by atoms with Crippen molar-refractivity contribution in [2.45, 2.75) is 39.3 Å². The minimum atomic E-state index is 0.500. The summed E-state index contributed by atoms with van der Waals surface area (Å²) in [5.41, 5.74) is 2.98. The molecule has 1 heterocycles. The summed E-state index contributed by atoms with van der Waals surface area (Å²) in [6, 6.07) is 9.29. The maximum atomic E-state index is 4.55. The van der Waals surface area contributed by atoms with E-state index in [1.54, 1.807) is 0 Å². The fourth-order valence-electron chi connectivity index (χ4n) is 3.01. The third kappa shape index (κ3) is 3.11. The van der Waals surface area contributed by atoms with Gasteiger partial charge in [-0.05, 0) is 37.8 Å². The van der Waals surface area contributed by atoms with Crippen molar-refractivity contribution in [3.8, 4) is 0 Å². The van der Waals surface area contributed by atoms with E-state index >= 15 is 0 Å². The molecule has 0 amide bonds. The van der Waals surface area contributed by atoms with E-state index in [0.717, 1.165) is 24.8 Å². The molecule has 1 aliphatic rings. The van der Waals surface area contributed by atoms with Crippen LogP contribution in [0.15, 0.2) is 30.5 Å². The summed E-state index contributed by atoms with van der Waals surface area (Å²) in [6.45, 7) is 7.31. The highest BCUT2D eigenvalue weighted by molar-refractivity contribution is 7.15. The van der Waals surface area contributed by atoms with Gasteiger partial charge in [-0.2, -0.15) is 0 Å². The molecular formula is C17H23N3S. The number of thiazole rings is 1. The Morgan fingerprint density at radius 3 is 2.90 bits per heavy atom. The van der Waals surface area contributed by atoms with Crippen LogP contribution in [0.1, 0.15) is 42.3 Å². The molecular weight excluding hydrogens is 278 g/mol. The molecule has 1 aromatic heterocycles. The second kappa shape index (κ2) is 6.58. The number of anilines is 1. The molecule has 3 rings (SSSR count). The standard InChI is InChI=1S/C17H23N3S/c1-3-20(4-2)17-19-12-14(21-17)11-18-16-10-9-13-7-5-6-8-15(13)16/h5-8,12,16,18H,3-4,9-11H2,1-2H3. The Labute approximate surface area is 131 Å². The predicted molar refractivity (Wildman–Crippen MR) is 90.0 cm³/mol. The number of aromatic nitrogens is 1. The summed E-state index contributed by atoms with van der Waals surface area (Å²) >= 11 is 1.81. The maximum Gasteiger partial charge on any atom is 0.185 e. The van der Waals surface area contributed by atoms with Crippen molar-refractivity contribution in [2.24, 2.45) is 0 Å². The summed E-state index contributed by atoms with van der Waals surface area (Å²) < 4.78 is 0. The largest absolute Gasteiger partial charge is 0.349 e. The molecule has 21 heavy (non-hydrogen) atoms. The third-order valence-electron chi connectivity index (χ3n) is 4.23. The van der Waals surface area contributed by atoms with Gasteiger partial charge in [0.15, 0.2) is 5.13 Å². The van der Waals surface area contributed by atoms with Crippen LogP contribution in [0.3, 0.4) is 0 Å². The second-order valence-electron chi connectivity index (χ2n) is 5.45. The number of fused-ring (bicyclic) bond motifs is 1. The van der Waals surface area contributed by atoms with Crippen molar-refractivity contribution in [3.63, 3.8) is 0 Å². The Morgan fingerprint density at radius 1 is 1.29 bits per heavy atom. The van der Waals surface area contributed by atoms with Gasteiger partial charge in [-0.25, -0.2) is 4.98 Å². The Hall–Kier alpha value is -1.39. The first-order valence-corrected chi connectivity index (χ1v) is 8.64. The Morgan fingerprint density at radius 2 is 2.10 bits per heavy atom. The van der Waals surface area contributed by atoms with Gasteiger partial charge in [-0.1, -0.05) is 24.3 Å². The minimum absolute atomic E-state index is 0.500. The second-order valence-corrected chi connectivity index (χ2v) is 6.55. The molecule has 1 atom stereocenters. The van der Waals surface area contributed by atoms with E-state index < -0.39 is 0 Å². The van der Waals surface area contributed by atoms with Gasteiger partial charge in [0.05, 0.1) is 0 Å². The van der Waals surface area contributed by atoms with E-state index in [9.17, 15) is 0 Å². The summed E-state index contributed by atoms with van der Waals surface area (Å²) in [4.78, 5) is 8.18. The normalized spacial score (nSPS) is 17.0. The first kappa shape index (κ1) is 14.5. The molecule has 0 aliphatic heterocycles. The Bertz CT molecular complexity index is 589. The molecule has 0 saturated heterocycles. The van der Waals surface area contributed by atoms with Crippen LogP contribution < -0.4 is 10.2 Å². The van der Waals surface area contributed by atoms with Crippen molar-refractivity contribution >= 4 is 16.5 Å². The lowest BCUT2D eigenvalue weighted by molar-refractivity contribution is 0.533. The zero-order chi connectivity index (χ0) is 14.7. The molecule has 1 unspecified atom stereocenters. The average Bonchev–Trinajstić information content (AvgIpc) is 3.13. The molecule has 1 aliphatic carbocycles. The number of hydrogen-bond acceptors (Lipinski definition) is 4. The fourth-order valence-corrected chi connectivity index (χ4v) is 4.00. The van der Waals surface area contributed by atoms with Crippen molar-refractivity contribution in [2.75, 3.05) is 18.0 Å². The van der Waals surface area contributed by atoms with Crippen molar-refractivity contribution in [1.29, 1.82) is 0 Å². The first-order valence-electron chi connectivity index (χ1n) is 7.82. The van der Waals surface area contributed by atoms with E-state index in [0.29, 0.717) is 6.04 Å². The van der Waals surface area contributed by atoms with E-state index in [1.807, 2.05) is 17.5 Å². The number of nitrogens with one attached hydrogen (secondary N) is 1. The highest BCUT2D eigenvalue weighted by Crippen LogP contribution is 2.31. The molecule has 2 aromatic rings. The zero-order valence-electron chi connectivity index (χ0n) is 12.8. The maximum absolute atomic E-state index is 4.55. The van der Waals surface area contributed by atoms with Crippen LogP contribution in [0.25, 0.3) is 0 Å². The number of rotatable bonds is 6. The quantitative estimate of drug-likeness (QED) is 0.880. The lowest BCUT2D eigenvalue weighted by Crippen LogP contribution is -2.21. The topological polar surface area (TPSA) is 28.2 Å². The average molecular weight is 301 g/mol. The fraction of sp³-hybridized carbons (Fsp3) is 0.471. The van der Waals surface area contributed by atoms with Gasteiger partial charge in [0, 0.05) is 36.8 Å². The van der Waals surface area contributed by atoms with Gasteiger partial charge in [0.25, 0.3) is 0 Å². The summed E-state index contributed by atoms with van der Waals surface area (Å²) in [6.07, 6.45) is 4.43. The molecule has 0 fully saturated rings. The molecule has 4 heteroatoms. The molecule has 0 bridgehead atoms. The smallest absolute Gasteiger partial charge is 0.185 e. The van der Waals surface area contributed by atoms with E-state index in [1.165, 1.54) is 28.8 Å². The summed E-state index contributed by atoms with van der Waals surface area (Å²) in [5.74, 6) is 0. The highest BCUT2D eigenvalue weighted by Gasteiger charge is 2.21. The number of aryl methyl sites for hydroxylation is 1. The molecule has 1 N–H and O–H groups in total. The van der Waals surface area contributed by atoms with Crippen molar-refractivity contribution in [1.82, 2.24) is 10.3 Å². The lowest BCUT2D eigenvalue weighted by atomic mass is 10.1. The first-order chi connectivity index (χ1) is 10.3. The molecule has 112 valence electrons. The van der Waals surface area contributed by atoms with Crippen LogP contribution in [-0.4, -0.2) is 18.1 Å². The summed E-state index contributed by atoms with van der Waals surface area (Å²) in [5, 5.41) is 4.84. The minimum Gasteiger partial charge on any atom is -0.349 e. The number of nitrogens with zero attached hydrogens (tertiary/aromatic N) is 2. The van der Waals surface area contributed by atoms with Gasteiger partial charge in [0.2, 0.25) is 0 Å². The molecule has 3 nitrogen and oxygen atoms in total. The van der Waals surface area contributed by atoms with Crippen LogP contribution in [-0.2, 0) is 13.0 Å². The van der Waals surface area contributed by atoms with Gasteiger partial charge in [-0.3, -0.25) is 0 Å². The van der Waals surface area contributed by atoms with Crippen LogP contribution in [0.5, 0.6) is 0 Å². The van der Waals surface area contributed by atoms with E-state index in [2.05, 4.69) is 53.3 Å². The highest BCUT2D eigenvalue weighted by atomic mass is 32.1. The van der Waals surface area contributed by atoms with Crippen LogP contribution in [0.2, 0.25) is 0 Å². The van der Waals surface area contributed by atoms with Crippen molar-refractivity contribution < 1.29 is 0 Å².